The van der Waals surface area contributed by atoms with Gasteiger partial charge >= 0.3 is 11.9 Å². The van der Waals surface area contributed by atoms with Crippen LogP contribution in [0.5, 0.6) is 0 Å². The Kier molecular flexibility index (Phi) is 9.02. The molecule has 0 bridgehead atoms. The predicted molar refractivity (Wildman–Crippen MR) is 118 cm³/mol. The van der Waals surface area contributed by atoms with Crippen molar-refractivity contribution in [2.75, 3.05) is 19.5 Å². The molecule has 1 aromatic heterocycles. The number of allylic oxidation sites excluding steroid dienone is 2. The van der Waals surface area contributed by atoms with Crippen LogP contribution in [0.25, 0.3) is 0 Å². The van der Waals surface area contributed by atoms with Crippen molar-refractivity contribution in [3.63, 3.8) is 0 Å². The molecule has 2 rings (SSSR count). The Hall–Kier alpha value is -2.22. The summed E-state index contributed by atoms with van der Waals surface area (Å²) in [4.78, 5) is 30.6. The van der Waals surface area contributed by atoms with Crippen LogP contribution in [0.1, 0.15) is 65.0 Å². The Labute approximate surface area is 183 Å². The maximum absolute atomic E-state index is 13.1. The normalized spacial score (nSPS) is 14.7. The molecule has 1 aliphatic rings. The molecule has 1 aliphatic heterocycles. The Morgan fingerprint density at radius 1 is 1.07 bits per heavy atom. The van der Waals surface area contributed by atoms with Crippen molar-refractivity contribution < 1.29 is 19.1 Å². The molecule has 0 saturated carbocycles. The minimum absolute atomic E-state index is 0.346. The summed E-state index contributed by atoms with van der Waals surface area (Å²) >= 11 is 1.51. The van der Waals surface area contributed by atoms with E-state index >= 15 is 0 Å². The summed E-state index contributed by atoms with van der Waals surface area (Å²) in [5.74, 6) is -1.44. The van der Waals surface area contributed by atoms with Crippen LogP contribution >= 0.6 is 11.8 Å². The first-order valence-electron chi connectivity index (χ1n) is 10.5. The van der Waals surface area contributed by atoms with Gasteiger partial charge in [-0.2, -0.15) is 0 Å². The molecule has 0 aromatic carbocycles. The number of unbranched alkanes of at least 4 members (excludes halogenated alkanes) is 2. The molecule has 7 nitrogen and oxygen atoms in total. The number of ether oxygens (including phenoxy) is 2. The maximum atomic E-state index is 13.1. The Balaban J connectivity index is 2.51. The minimum atomic E-state index is -0.604. The van der Waals surface area contributed by atoms with Crippen LogP contribution < -0.4 is 5.32 Å². The van der Waals surface area contributed by atoms with Gasteiger partial charge in [-0.25, -0.2) is 14.6 Å². The number of imidazole rings is 1. The molecule has 30 heavy (non-hydrogen) atoms. The molecule has 2 heterocycles. The molecule has 0 atom stereocenters. The molecule has 1 N–H and O–H groups in total. The number of nitrogens with one attached hydrogen (secondary N) is 1. The van der Waals surface area contributed by atoms with E-state index in [0.29, 0.717) is 35.8 Å². The molecule has 0 fully saturated rings. The number of aromatic nitrogens is 2. The van der Waals surface area contributed by atoms with Gasteiger partial charge in [0.2, 0.25) is 0 Å². The topological polar surface area (TPSA) is 82.4 Å². The molecule has 0 saturated heterocycles. The van der Waals surface area contributed by atoms with Gasteiger partial charge in [0, 0.05) is 18.4 Å². The standard InChI is InChI=1S/C22H33N3O4S/c1-7-9-11-28-20(26)17-14(3)24-15(4)18(21(27)29-12-10-8-2)19(17)16-13-23-22(30-6)25(16)5/h13,19,24H,7-12H2,1-6H3. The van der Waals surface area contributed by atoms with Crippen LogP contribution in [-0.2, 0) is 26.1 Å². The third-order valence-electron chi connectivity index (χ3n) is 5.12. The maximum Gasteiger partial charge on any atom is 0.336 e. The van der Waals surface area contributed by atoms with Gasteiger partial charge in [0.25, 0.3) is 0 Å². The number of carbonyl (C=O) groups excluding carboxylic acids is 2. The highest BCUT2D eigenvalue weighted by Crippen LogP contribution is 2.40. The van der Waals surface area contributed by atoms with Gasteiger partial charge in [0.05, 0.1) is 42.2 Å². The summed E-state index contributed by atoms with van der Waals surface area (Å²) in [6.45, 7) is 8.44. The molecule has 166 valence electrons. The molecule has 1 aromatic rings. The van der Waals surface area contributed by atoms with E-state index in [9.17, 15) is 9.59 Å². The van der Waals surface area contributed by atoms with Gasteiger partial charge < -0.3 is 19.4 Å². The summed E-state index contributed by atoms with van der Waals surface area (Å²) in [7, 11) is 1.89. The molecular weight excluding hydrogens is 402 g/mol. The zero-order chi connectivity index (χ0) is 22.3. The van der Waals surface area contributed by atoms with Crippen molar-refractivity contribution in [2.24, 2.45) is 7.05 Å². The number of nitrogens with zero attached hydrogens (tertiary/aromatic N) is 2. The van der Waals surface area contributed by atoms with Crippen molar-refractivity contribution in [3.05, 3.63) is 34.4 Å². The summed E-state index contributed by atoms with van der Waals surface area (Å²) in [5.41, 5.74) is 2.96. The molecule has 0 amide bonds. The molecule has 0 unspecified atom stereocenters. The van der Waals surface area contributed by atoms with Gasteiger partial charge in [-0.15, -0.1) is 0 Å². The second-order valence-corrected chi connectivity index (χ2v) is 8.12. The van der Waals surface area contributed by atoms with Crippen molar-refractivity contribution in [2.45, 2.75) is 64.5 Å². The molecule has 8 heteroatoms. The van der Waals surface area contributed by atoms with Crippen LogP contribution in [0, 0.1) is 0 Å². The van der Waals surface area contributed by atoms with Crippen molar-refractivity contribution in [3.8, 4) is 0 Å². The number of carbonyl (C=O) groups is 2. The average Bonchev–Trinajstić information content (AvgIpc) is 3.07. The van der Waals surface area contributed by atoms with E-state index in [-0.39, 0.29) is 0 Å². The molecule has 0 radical (unpaired) electrons. The summed E-state index contributed by atoms with van der Waals surface area (Å²) in [5, 5.41) is 3.99. The van der Waals surface area contributed by atoms with Crippen LogP contribution in [0.15, 0.2) is 33.9 Å². The largest absolute Gasteiger partial charge is 0.462 e. The quantitative estimate of drug-likeness (QED) is 0.337. The third kappa shape index (κ3) is 5.28. The lowest BCUT2D eigenvalue weighted by Gasteiger charge is -2.30. The summed E-state index contributed by atoms with van der Waals surface area (Å²) in [6, 6.07) is 0. The van der Waals surface area contributed by atoms with Gasteiger partial charge in [0.15, 0.2) is 5.16 Å². The first-order chi connectivity index (χ1) is 14.4. The van der Waals surface area contributed by atoms with Crippen LogP contribution in [0.3, 0.4) is 0 Å². The second-order valence-electron chi connectivity index (χ2n) is 7.34. The van der Waals surface area contributed by atoms with Gasteiger partial charge in [-0.3, -0.25) is 0 Å². The fraction of sp³-hybridized carbons (Fsp3) is 0.591. The fourth-order valence-electron chi connectivity index (χ4n) is 3.47. The van der Waals surface area contributed by atoms with E-state index in [4.69, 9.17) is 9.47 Å². The van der Waals surface area contributed by atoms with Crippen molar-refractivity contribution in [1.29, 1.82) is 0 Å². The van der Waals surface area contributed by atoms with Crippen LogP contribution in [0.4, 0.5) is 0 Å². The lowest BCUT2D eigenvalue weighted by Crippen LogP contribution is -2.33. The molecular formula is C22H33N3O4S. The Morgan fingerprint density at radius 2 is 1.57 bits per heavy atom. The third-order valence-corrected chi connectivity index (χ3v) is 5.87. The van der Waals surface area contributed by atoms with Crippen LogP contribution in [0.2, 0.25) is 0 Å². The van der Waals surface area contributed by atoms with Gasteiger partial charge in [0.1, 0.15) is 0 Å². The second kappa shape index (κ2) is 11.2. The zero-order valence-electron chi connectivity index (χ0n) is 18.8. The smallest absolute Gasteiger partial charge is 0.336 e. The average molecular weight is 436 g/mol. The molecule has 0 spiro atoms. The number of hydrogen-bond donors (Lipinski definition) is 1. The van der Waals surface area contributed by atoms with Crippen molar-refractivity contribution >= 4 is 23.7 Å². The van der Waals surface area contributed by atoms with E-state index < -0.39 is 17.9 Å². The zero-order valence-corrected chi connectivity index (χ0v) is 19.6. The van der Waals surface area contributed by atoms with E-state index in [1.165, 1.54) is 11.8 Å². The predicted octanol–water partition coefficient (Wildman–Crippen LogP) is 4.06. The highest BCUT2D eigenvalue weighted by molar-refractivity contribution is 7.98. The van der Waals surface area contributed by atoms with Crippen molar-refractivity contribution in [1.82, 2.24) is 14.9 Å². The SMILES string of the molecule is CCCCOC(=O)C1=C(C)NC(C)=C(C(=O)OCCCC)C1c1cnc(SC)n1C. The van der Waals surface area contributed by atoms with Crippen LogP contribution in [-0.4, -0.2) is 41.0 Å². The van der Waals surface area contributed by atoms with E-state index in [0.717, 1.165) is 36.5 Å². The lowest BCUT2D eigenvalue weighted by molar-refractivity contribution is -0.140. The molecule has 0 aliphatic carbocycles. The number of rotatable bonds is 10. The van der Waals surface area contributed by atoms with E-state index in [2.05, 4.69) is 10.3 Å². The first kappa shape index (κ1) is 24.1. The van der Waals surface area contributed by atoms with Gasteiger partial charge in [-0.05, 0) is 32.9 Å². The highest BCUT2D eigenvalue weighted by Gasteiger charge is 2.39. The Bertz CT molecular complexity index is 797. The number of esters is 2. The first-order valence-corrected chi connectivity index (χ1v) is 11.7. The summed E-state index contributed by atoms with van der Waals surface area (Å²) < 4.78 is 13.0. The number of thioether (sulfide) groups is 1. The van der Waals surface area contributed by atoms with E-state index in [1.807, 2.05) is 45.6 Å². The number of hydrogen-bond acceptors (Lipinski definition) is 7. The fourth-order valence-corrected chi connectivity index (χ4v) is 4.01. The lowest BCUT2D eigenvalue weighted by atomic mass is 9.83. The monoisotopic (exact) mass is 435 g/mol. The Morgan fingerprint density at radius 3 is 1.97 bits per heavy atom. The number of dihydropyridines is 1. The van der Waals surface area contributed by atoms with E-state index in [1.54, 1.807) is 6.20 Å². The minimum Gasteiger partial charge on any atom is -0.462 e. The van der Waals surface area contributed by atoms with Gasteiger partial charge in [-0.1, -0.05) is 38.5 Å². The summed E-state index contributed by atoms with van der Waals surface area (Å²) in [6.07, 6.45) is 7.11. The highest BCUT2D eigenvalue weighted by atomic mass is 32.2.